The Morgan fingerprint density at radius 1 is 1.17 bits per heavy atom. The molecule has 2 aromatic carbocycles. The Hall–Kier alpha value is -2.25. The molecule has 0 aliphatic carbocycles. The summed E-state index contributed by atoms with van der Waals surface area (Å²) < 4.78 is 28.5. The molecule has 1 heterocycles. The molecule has 0 bridgehead atoms. The predicted molar refractivity (Wildman–Crippen MR) is 89.7 cm³/mol. The van der Waals surface area contributed by atoms with Gasteiger partial charge in [-0.1, -0.05) is 23.9 Å². The molecule has 124 valence electrons. The van der Waals surface area contributed by atoms with Gasteiger partial charge < -0.3 is 5.11 Å². The molecule has 0 saturated carbocycles. The van der Waals surface area contributed by atoms with Crippen molar-refractivity contribution in [2.45, 2.75) is 11.6 Å². The number of aliphatic hydroxyl groups excluding tert-OH is 1. The SMILES string of the molecule is O=c1c2ccccc2nc(SCCCO)n1-c1ccc(F)cc1F. The summed E-state index contributed by atoms with van der Waals surface area (Å²) in [5.74, 6) is -1.03. The normalized spacial score (nSPS) is 11.1. The topological polar surface area (TPSA) is 55.1 Å². The molecule has 1 aromatic heterocycles. The number of fused-ring (bicyclic) bond motifs is 1. The first-order valence-electron chi connectivity index (χ1n) is 7.32. The number of benzene rings is 2. The van der Waals surface area contributed by atoms with Crippen LogP contribution in [0.2, 0.25) is 0 Å². The molecule has 0 unspecified atom stereocenters. The quantitative estimate of drug-likeness (QED) is 0.437. The first-order valence-corrected chi connectivity index (χ1v) is 8.31. The summed E-state index contributed by atoms with van der Waals surface area (Å²) in [6, 6.07) is 9.85. The maximum atomic E-state index is 14.2. The lowest BCUT2D eigenvalue weighted by Crippen LogP contribution is -2.23. The van der Waals surface area contributed by atoms with E-state index >= 15 is 0 Å². The van der Waals surface area contributed by atoms with Crippen molar-refractivity contribution in [1.82, 2.24) is 9.55 Å². The van der Waals surface area contributed by atoms with E-state index in [2.05, 4.69) is 4.98 Å². The van der Waals surface area contributed by atoms with Crippen molar-refractivity contribution in [3.8, 4) is 5.69 Å². The fourth-order valence-corrected chi connectivity index (χ4v) is 3.24. The smallest absolute Gasteiger partial charge is 0.266 e. The standard InChI is InChI=1S/C17H14F2N2O2S/c18-11-6-7-15(13(19)10-11)21-16(23)12-4-1-2-5-14(12)20-17(21)24-9-3-8-22/h1-2,4-7,10,22H,3,8-9H2. The van der Waals surface area contributed by atoms with E-state index in [0.29, 0.717) is 28.2 Å². The summed E-state index contributed by atoms with van der Waals surface area (Å²) in [7, 11) is 0. The third kappa shape index (κ3) is 3.18. The van der Waals surface area contributed by atoms with Gasteiger partial charge in [0.15, 0.2) is 5.16 Å². The van der Waals surface area contributed by atoms with Crippen LogP contribution in [-0.2, 0) is 0 Å². The summed E-state index contributed by atoms with van der Waals surface area (Å²) in [4.78, 5) is 17.3. The number of aliphatic hydroxyl groups is 1. The maximum Gasteiger partial charge on any atom is 0.266 e. The van der Waals surface area contributed by atoms with Crippen LogP contribution in [0, 0.1) is 11.6 Å². The second kappa shape index (κ2) is 7.11. The second-order valence-electron chi connectivity index (χ2n) is 5.07. The van der Waals surface area contributed by atoms with Gasteiger partial charge in [0.1, 0.15) is 11.6 Å². The van der Waals surface area contributed by atoms with Crippen LogP contribution in [0.25, 0.3) is 16.6 Å². The molecular weight excluding hydrogens is 334 g/mol. The molecule has 0 atom stereocenters. The highest BCUT2D eigenvalue weighted by atomic mass is 32.2. The minimum atomic E-state index is -0.835. The third-order valence-corrected chi connectivity index (χ3v) is 4.45. The van der Waals surface area contributed by atoms with Crippen molar-refractivity contribution in [2.75, 3.05) is 12.4 Å². The number of rotatable bonds is 5. The molecule has 7 heteroatoms. The van der Waals surface area contributed by atoms with Crippen LogP contribution in [0.3, 0.4) is 0 Å². The van der Waals surface area contributed by atoms with Crippen LogP contribution < -0.4 is 5.56 Å². The number of aromatic nitrogens is 2. The Kier molecular flexibility index (Phi) is 4.92. The van der Waals surface area contributed by atoms with Gasteiger partial charge in [0.2, 0.25) is 0 Å². The summed E-state index contributed by atoms with van der Waals surface area (Å²) in [6.07, 6.45) is 0.513. The van der Waals surface area contributed by atoms with Crippen molar-refractivity contribution >= 4 is 22.7 Å². The fourth-order valence-electron chi connectivity index (χ4n) is 2.31. The summed E-state index contributed by atoms with van der Waals surface area (Å²) in [6.45, 7) is 0.00965. The maximum absolute atomic E-state index is 14.2. The van der Waals surface area contributed by atoms with Gasteiger partial charge in [-0.25, -0.2) is 13.8 Å². The van der Waals surface area contributed by atoms with E-state index in [9.17, 15) is 13.6 Å². The minimum Gasteiger partial charge on any atom is -0.396 e. The molecule has 0 aliphatic rings. The number of thioether (sulfide) groups is 1. The van der Waals surface area contributed by atoms with Crippen molar-refractivity contribution < 1.29 is 13.9 Å². The van der Waals surface area contributed by atoms with Crippen LogP contribution in [0.15, 0.2) is 52.4 Å². The van der Waals surface area contributed by atoms with E-state index in [1.54, 1.807) is 24.3 Å². The molecule has 0 fully saturated rings. The lowest BCUT2D eigenvalue weighted by molar-refractivity contribution is 0.296. The Balaban J connectivity index is 2.24. The molecule has 0 radical (unpaired) electrons. The van der Waals surface area contributed by atoms with Gasteiger partial charge in [-0.15, -0.1) is 0 Å². The molecular formula is C17H14F2N2O2S. The highest BCUT2D eigenvalue weighted by Gasteiger charge is 2.16. The molecule has 0 spiro atoms. The van der Waals surface area contributed by atoms with E-state index in [1.807, 2.05) is 0 Å². The van der Waals surface area contributed by atoms with E-state index in [4.69, 9.17) is 5.11 Å². The Morgan fingerprint density at radius 2 is 1.96 bits per heavy atom. The van der Waals surface area contributed by atoms with Crippen molar-refractivity contribution in [3.05, 3.63) is 64.5 Å². The van der Waals surface area contributed by atoms with Crippen molar-refractivity contribution in [3.63, 3.8) is 0 Å². The predicted octanol–water partition coefficient (Wildman–Crippen LogP) is 3.14. The van der Waals surface area contributed by atoms with Gasteiger partial charge in [-0.05, 0) is 30.7 Å². The molecule has 3 aromatic rings. The molecule has 4 nitrogen and oxygen atoms in total. The average Bonchev–Trinajstić information content (AvgIpc) is 2.57. The van der Waals surface area contributed by atoms with Gasteiger partial charge in [-0.3, -0.25) is 9.36 Å². The number of hydrogen-bond acceptors (Lipinski definition) is 4. The first kappa shape index (κ1) is 16.6. The Morgan fingerprint density at radius 3 is 2.71 bits per heavy atom. The van der Waals surface area contributed by atoms with Crippen LogP contribution in [0.1, 0.15) is 6.42 Å². The monoisotopic (exact) mass is 348 g/mol. The second-order valence-corrected chi connectivity index (χ2v) is 6.14. The lowest BCUT2D eigenvalue weighted by atomic mass is 10.2. The number of hydrogen-bond donors (Lipinski definition) is 1. The Bertz CT molecular complexity index is 944. The van der Waals surface area contributed by atoms with Gasteiger partial charge in [0.25, 0.3) is 5.56 Å². The zero-order valence-electron chi connectivity index (χ0n) is 12.6. The van der Waals surface area contributed by atoms with Gasteiger partial charge in [-0.2, -0.15) is 0 Å². The summed E-state index contributed by atoms with van der Waals surface area (Å²) >= 11 is 1.24. The van der Waals surface area contributed by atoms with Crippen LogP contribution in [-0.4, -0.2) is 27.0 Å². The largest absolute Gasteiger partial charge is 0.396 e. The van der Waals surface area contributed by atoms with Gasteiger partial charge >= 0.3 is 0 Å². The van der Waals surface area contributed by atoms with Crippen LogP contribution >= 0.6 is 11.8 Å². The van der Waals surface area contributed by atoms with E-state index < -0.39 is 17.2 Å². The highest BCUT2D eigenvalue weighted by Crippen LogP contribution is 2.23. The lowest BCUT2D eigenvalue weighted by Gasteiger charge is -2.13. The van der Waals surface area contributed by atoms with E-state index in [1.165, 1.54) is 17.8 Å². The van der Waals surface area contributed by atoms with Crippen LogP contribution in [0.4, 0.5) is 8.78 Å². The number of para-hydroxylation sites is 1. The molecule has 3 rings (SSSR count). The fraction of sp³-hybridized carbons (Fsp3) is 0.176. The van der Waals surface area contributed by atoms with E-state index in [-0.39, 0.29) is 12.3 Å². The number of halogens is 2. The third-order valence-electron chi connectivity index (χ3n) is 3.43. The molecule has 0 aliphatic heterocycles. The number of nitrogens with zero attached hydrogens (tertiary/aromatic N) is 2. The molecule has 24 heavy (non-hydrogen) atoms. The summed E-state index contributed by atoms with van der Waals surface area (Å²) in [5.41, 5.74) is 0.0385. The van der Waals surface area contributed by atoms with Gasteiger partial charge in [0.05, 0.1) is 16.6 Å². The average molecular weight is 348 g/mol. The van der Waals surface area contributed by atoms with Crippen molar-refractivity contribution in [1.29, 1.82) is 0 Å². The Labute approximate surface area is 140 Å². The molecule has 0 amide bonds. The minimum absolute atomic E-state index is 0.00965. The summed E-state index contributed by atoms with van der Waals surface area (Å²) in [5, 5.41) is 9.59. The van der Waals surface area contributed by atoms with E-state index in [0.717, 1.165) is 16.7 Å². The zero-order valence-corrected chi connectivity index (χ0v) is 13.4. The van der Waals surface area contributed by atoms with Crippen LogP contribution in [0.5, 0.6) is 0 Å². The highest BCUT2D eigenvalue weighted by molar-refractivity contribution is 7.99. The van der Waals surface area contributed by atoms with Gasteiger partial charge in [0, 0.05) is 18.4 Å². The molecule has 0 saturated heterocycles. The first-order chi connectivity index (χ1) is 11.6. The van der Waals surface area contributed by atoms with Crippen molar-refractivity contribution in [2.24, 2.45) is 0 Å². The molecule has 1 N–H and O–H groups in total. The zero-order chi connectivity index (χ0) is 17.1.